The van der Waals surface area contributed by atoms with Gasteiger partial charge in [0.2, 0.25) is 0 Å². The third-order valence-corrected chi connectivity index (χ3v) is 12.2. The van der Waals surface area contributed by atoms with Crippen LogP contribution >= 0.6 is 72.3 Å². The average molecular weight is 441 g/mol. The summed E-state index contributed by atoms with van der Waals surface area (Å²) < 4.78 is 1.30. The Labute approximate surface area is 177 Å². The van der Waals surface area contributed by atoms with E-state index in [1.807, 2.05) is 0 Å². The Balaban J connectivity index is 1.50. The lowest BCUT2D eigenvalue weighted by Gasteiger charge is -2.61. The van der Waals surface area contributed by atoms with Crippen LogP contribution in [0.5, 0.6) is 0 Å². The number of thioether (sulfide) groups is 4. The third-order valence-electron chi connectivity index (χ3n) is 5.70. The molecule has 4 fully saturated rings. The lowest BCUT2D eigenvalue weighted by Crippen LogP contribution is -2.56. The summed E-state index contributed by atoms with van der Waals surface area (Å²) in [5.74, 6) is 11.9. The number of hydrogen-bond acceptors (Lipinski definition) is 6. The molecule has 24 heavy (non-hydrogen) atoms. The molecule has 0 nitrogen and oxygen atoms in total. The lowest BCUT2D eigenvalue weighted by molar-refractivity contribution is 0.0576. The van der Waals surface area contributed by atoms with E-state index in [4.69, 9.17) is 0 Å². The number of hydrogen-bond donors (Lipinski definition) is 2. The molecule has 0 N–H and O–H groups in total. The normalized spacial score (nSPS) is 37.2. The van der Waals surface area contributed by atoms with Crippen LogP contribution in [0.25, 0.3) is 0 Å². The van der Waals surface area contributed by atoms with E-state index in [-0.39, 0.29) is 0 Å². The van der Waals surface area contributed by atoms with Gasteiger partial charge in [-0.3, -0.25) is 0 Å². The molecule has 0 atom stereocenters. The van der Waals surface area contributed by atoms with Crippen LogP contribution in [0.1, 0.15) is 38.5 Å². The molecule has 0 saturated heterocycles. The van der Waals surface area contributed by atoms with Gasteiger partial charge in [0.1, 0.15) is 0 Å². The standard InChI is InChI=1S/C18H32S6/c19-1-3-21-5-7-23-17-10-15-9-16(11-17)13-18(12-15,14-17)24-8-6-22-4-2-20/h15-16,19-20H,1-14H2. The molecule has 4 aliphatic carbocycles. The minimum absolute atomic E-state index is 0.650. The van der Waals surface area contributed by atoms with Crippen molar-refractivity contribution in [3.63, 3.8) is 0 Å². The summed E-state index contributed by atoms with van der Waals surface area (Å²) in [7, 11) is 0. The van der Waals surface area contributed by atoms with E-state index < -0.39 is 0 Å². The maximum absolute atomic E-state index is 4.33. The summed E-state index contributed by atoms with van der Waals surface area (Å²) in [6, 6.07) is 0. The van der Waals surface area contributed by atoms with E-state index in [0.717, 1.165) is 23.3 Å². The van der Waals surface area contributed by atoms with Crippen LogP contribution in [-0.2, 0) is 0 Å². The summed E-state index contributed by atoms with van der Waals surface area (Å²) in [6.07, 6.45) is 9.18. The van der Waals surface area contributed by atoms with Crippen LogP contribution in [0.4, 0.5) is 0 Å². The zero-order chi connectivity index (χ0) is 16.9. The van der Waals surface area contributed by atoms with E-state index in [9.17, 15) is 0 Å². The fourth-order valence-electron chi connectivity index (χ4n) is 5.40. The molecule has 6 heteroatoms. The van der Waals surface area contributed by atoms with Crippen LogP contribution in [0.3, 0.4) is 0 Å². The summed E-state index contributed by atoms with van der Waals surface area (Å²) >= 11 is 17.5. The van der Waals surface area contributed by atoms with Crippen molar-refractivity contribution in [1.82, 2.24) is 0 Å². The Bertz CT molecular complexity index is 342. The second-order valence-electron chi connectivity index (χ2n) is 7.70. The van der Waals surface area contributed by atoms with Crippen molar-refractivity contribution in [1.29, 1.82) is 0 Å². The molecular formula is C18H32S6. The largest absolute Gasteiger partial charge is 0.179 e. The number of thiol groups is 2. The first-order chi connectivity index (χ1) is 11.7. The second kappa shape index (κ2) is 10.0. The molecule has 0 aliphatic heterocycles. The van der Waals surface area contributed by atoms with Gasteiger partial charge in [-0.05, 0) is 61.9 Å². The van der Waals surface area contributed by atoms with Crippen molar-refractivity contribution in [2.24, 2.45) is 11.8 Å². The molecule has 0 aromatic carbocycles. The fraction of sp³-hybridized carbons (Fsp3) is 1.00. The first-order valence-corrected chi connectivity index (χ1v) is 14.9. The summed E-state index contributed by atoms with van der Waals surface area (Å²) in [5.41, 5.74) is 0. The van der Waals surface area contributed by atoms with Crippen LogP contribution in [-0.4, -0.2) is 55.5 Å². The first-order valence-electron chi connectivity index (χ1n) is 9.34. The SMILES string of the molecule is SCCSCCSC12CC3CC(C1)CC(SCCSCCS)(C3)C2. The van der Waals surface area contributed by atoms with E-state index >= 15 is 0 Å². The molecule has 0 amide bonds. The lowest BCUT2D eigenvalue weighted by atomic mass is 9.55. The van der Waals surface area contributed by atoms with Gasteiger partial charge in [-0.15, -0.1) is 0 Å². The molecule has 0 radical (unpaired) electrons. The molecule has 0 unspecified atom stereocenters. The maximum Gasteiger partial charge on any atom is 0.0178 e. The van der Waals surface area contributed by atoms with Gasteiger partial charge in [0, 0.05) is 44.0 Å². The van der Waals surface area contributed by atoms with Gasteiger partial charge in [0.25, 0.3) is 0 Å². The van der Waals surface area contributed by atoms with Gasteiger partial charge in [-0.1, -0.05) is 0 Å². The van der Waals surface area contributed by atoms with Crippen LogP contribution in [0.15, 0.2) is 0 Å². The van der Waals surface area contributed by atoms with Crippen LogP contribution < -0.4 is 0 Å². The second-order valence-corrected chi connectivity index (χ2v) is 14.2. The molecule has 0 spiro atoms. The molecule has 0 aromatic rings. The molecule has 4 bridgehead atoms. The molecule has 0 heterocycles. The Hall–Kier alpha value is 2.10. The van der Waals surface area contributed by atoms with E-state index in [1.165, 1.54) is 66.6 Å². The summed E-state index contributed by atoms with van der Waals surface area (Å²) in [4.78, 5) is 0. The van der Waals surface area contributed by atoms with Crippen molar-refractivity contribution >= 4 is 72.3 Å². The highest BCUT2D eigenvalue weighted by atomic mass is 32.2. The van der Waals surface area contributed by atoms with Crippen molar-refractivity contribution in [3.05, 3.63) is 0 Å². The van der Waals surface area contributed by atoms with E-state index in [0.29, 0.717) is 9.49 Å². The van der Waals surface area contributed by atoms with E-state index in [1.54, 1.807) is 6.42 Å². The predicted octanol–water partition coefficient (Wildman–Crippen LogP) is 5.87. The third kappa shape index (κ3) is 5.56. The first kappa shape index (κ1) is 20.8. The smallest absolute Gasteiger partial charge is 0.0178 e. The summed E-state index contributed by atoms with van der Waals surface area (Å²) in [6.45, 7) is 0. The van der Waals surface area contributed by atoms with Crippen molar-refractivity contribution in [2.45, 2.75) is 48.0 Å². The van der Waals surface area contributed by atoms with Gasteiger partial charge >= 0.3 is 0 Å². The minimum atomic E-state index is 0.650. The van der Waals surface area contributed by atoms with Crippen molar-refractivity contribution in [2.75, 3.05) is 46.0 Å². The predicted molar refractivity (Wildman–Crippen MR) is 127 cm³/mol. The highest BCUT2D eigenvalue weighted by molar-refractivity contribution is 8.04. The van der Waals surface area contributed by atoms with Gasteiger partial charge in [0.15, 0.2) is 0 Å². The maximum atomic E-state index is 4.33. The van der Waals surface area contributed by atoms with Crippen molar-refractivity contribution in [3.8, 4) is 0 Å². The zero-order valence-electron chi connectivity index (χ0n) is 14.6. The average Bonchev–Trinajstić information content (AvgIpc) is 2.53. The monoisotopic (exact) mass is 440 g/mol. The quantitative estimate of drug-likeness (QED) is 0.287. The molecule has 140 valence electrons. The van der Waals surface area contributed by atoms with Gasteiger partial charge in [-0.2, -0.15) is 72.3 Å². The molecule has 4 aliphatic rings. The number of rotatable bonds is 12. The fourth-order valence-corrected chi connectivity index (χ4v) is 11.6. The van der Waals surface area contributed by atoms with Gasteiger partial charge < -0.3 is 0 Å². The highest BCUT2D eigenvalue weighted by Crippen LogP contribution is 2.65. The molecule has 4 rings (SSSR count). The Morgan fingerprint density at radius 1 is 0.667 bits per heavy atom. The minimum Gasteiger partial charge on any atom is -0.179 e. The van der Waals surface area contributed by atoms with Gasteiger partial charge in [-0.25, -0.2) is 0 Å². The Morgan fingerprint density at radius 2 is 1.12 bits per heavy atom. The topological polar surface area (TPSA) is 0 Å². The molecule has 4 saturated carbocycles. The van der Waals surface area contributed by atoms with Crippen LogP contribution in [0.2, 0.25) is 0 Å². The summed E-state index contributed by atoms with van der Waals surface area (Å²) in [5, 5.41) is 0. The molecule has 0 aromatic heterocycles. The van der Waals surface area contributed by atoms with Crippen molar-refractivity contribution < 1.29 is 0 Å². The van der Waals surface area contributed by atoms with Crippen LogP contribution in [0, 0.1) is 11.8 Å². The highest BCUT2D eigenvalue weighted by Gasteiger charge is 2.57. The zero-order valence-corrected chi connectivity index (χ0v) is 19.6. The Morgan fingerprint density at radius 3 is 1.54 bits per heavy atom. The van der Waals surface area contributed by atoms with E-state index in [2.05, 4.69) is 72.3 Å². The molecular weight excluding hydrogens is 409 g/mol. The van der Waals surface area contributed by atoms with Gasteiger partial charge in [0.05, 0.1) is 0 Å². The Kier molecular flexibility index (Phi) is 8.71.